The molecule has 5 heterocycles. The van der Waals surface area contributed by atoms with E-state index in [4.69, 9.17) is 4.74 Å². The van der Waals surface area contributed by atoms with Crippen molar-refractivity contribution in [3.8, 4) is 0 Å². The summed E-state index contributed by atoms with van der Waals surface area (Å²) in [6.45, 7) is 6.87. The minimum Gasteiger partial charge on any atom is -0.378 e. The minimum absolute atomic E-state index is 0.00675. The zero-order chi connectivity index (χ0) is 21.4. The van der Waals surface area contributed by atoms with Crippen LogP contribution in [0.15, 0.2) is 30.7 Å². The highest BCUT2D eigenvalue weighted by molar-refractivity contribution is 5.55. The molecule has 31 heavy (non-hydrogen) atoms. The first-order valence-corrected chi connectivity index (χ1v) is 10.6. The first kappa shape index (κ1) is 20.0. The number of hydrogen-bond acceptors (Lipinski definition) is 7. The predicted octanol–water partition coefficient (Wildman–Crippen LogP) is 2.92. The third kappa shape index (κ3) is 3.91. The largest absolute Gasteiger partial charge is 0.378 e. The molecular weight excluding hydrogens is 404 g/mol. The molecule has 10 heteroatoms. The number of rotatable bonds is 4. The molecule has 0 spiro atoms. The molecule has 2 atom stereocenters. The zero-order valence-electron chi connectivity index (χ0n) is 17.4. The van der Waals surface area contributed by atoms with Crippen molar-refractivity contribution in [3.63, 3.8) is 0 Å². The number of morpholine rings is 1. The van der Waals surface area contributed by atoms with Crippen LogP contribution in [0.3, 0.4) is 0 Å². The Labute approximate surface area is 178 Å². The SMILES string of the molecule is C[C@@H]1CCN(c2cc(N3CCOCC3)ccn2)C[C@H]1c1cc(C(F)F)nc2ncnn12. The molecule has 2 aliphatic rings. The molecule has 5 rings (SSSR count). The Hall–Kier alpha value is -2.88. The van der Waals surface area contributed by atoms with Crippen LogP contribution in [0, 0.1) is 5.92 Å². The molecule has 3 aromatic heterocycles. The highest BCUT2D eigenvalue weighted by Gasteiger charge is 2.31. The zero-order valence-corrected chi connectivity index (χ0v) is 17.4. The maximum absolute atomic E-state index is 13.5. The molecule has 2 saturated heterocycles. The van der Waals surface area contributed by atoms with Crippen LogP contribution in [-0.4, -0.2) is 64.0 Å². The molecule has 2 fully saturated rings. The van der Waals surface area contributed by atoms with Gasteiger partial charge in [0.25, 0.3) is 12.2 Å². The summed E-state index contributed by atoms with van der Waals surface area (Å²) < 4.78 is 34.0. The van der Waals surface area contributed by atoms with Crippen molar-refractivity contribution in [2.24, 2.45) is 5.92 Å². The monoisotopic (exact) mass is 429 g/mol. The number of anilines is 2. The van der Waals surface area contributed by atoms with Gasteiger partial charge in [-0.15, -0.1) is 0 Å². The average molecular weight is 429 g/mol. The van der Waals surface area contributed by atoms with Crippen LogP contribution >= 0.6 is 0 Å². The summed E-state index contributed by atoms with van der Waals surface area (Å²) in [7, 11) is 0. The van der Waals surface area contributed by atoms with E-state index in [1.807, 2.05) is 12.3 Å². The molecule has 3 aromatic rings. The van der Waals surface area contributed by atoms with Crippen molar-refractivity contribution in [3.05, 3.63) is 42.1 Å². The van der Waals surface area contributed by atoms with E-state index in [9.17, 15) is 8.78 Å². The lowest BCUT2D eigenvalue weighted by Crippen LogP contribution is -2.40. The van der Waals surface area contributed by atoms with Crippen LogP contribution in [0.2, 0.25) is 0 Å². The molecule has 0 aromatic carbocycles. The number of nitrogens with zero attached hydrogens (tertiary/aromatic N) is 7. The number of alkyl halides is 2. The van der Waals surface area contributed by atoms with Crippen molar-refractivity contribution in [2.75, 3.05) is 49.2 Å². The molecule has 0 radical (unpaired) electrons. The Balaban J connectivity index is 1.45. The minimum atomic E-state index is -2.65. The fourth-order valence-corrected chi connectivity index (χ4v) is 4.49. The van der Waals surface area contributed by atoms with Gasteiger partial charge in [0.1, 0.15) is 17.8 Å². The summed E-state index contributed by atoms with van der Waals surface area (Å²) in [5.41, 5.74) is 1.60. The van der Waals surface area contributed by atoms with Crippen LogP contribution in [0.5, 0.6) is 0 Å². The Bertz CT molecular complexity index is 1050. The number of aromatic nitrogens is 5. The molecule has 0 saturated carbocycles. The van der Waals surface area contributed by atoms with Gasteiger partial charge in [0.05, 0.1) is 18.9 Å². The summed E-state index contributed by atoms with van der Waals surface area (Å²) in [6.07, 6.45) is 1.47. The Morgan fingerprint density at radius 3 is 2.74 bits per heavy atom. The molecule has 0 amide bonds. The highest BCUT2D eigenvalue weighted by Crippen LogP contribution is 2.35. The average Bonchev–Trinajstić information content (AvgIpc) is 3.28. The van der Waals surface area contributed by atoms with Gasteiger partial charge in [-0.2, -0.15) is 10.1 Å². The van der Waals surface area contributed by atoms with Gasteiger partial charge in [0.15, 0.2) is 0 Å². The van der Waals surface area contributed by atoms with E-state index in [0.29, 0.717) is 12.5 Å². The first-order chi connectivity index (χ1) is 15.1. The topological polar surface area (TPSA) is 71.7 Å². The highest BCUT2D eigenvalue weighted by atomic mass is 19.3. The predicted molar refractivity (Wildman–Crippen MR) is 112 cm³/mol. The van der Waals surface area contributed by atoms with Gasteiger partial charge in [0, 0.05) is 50.0 Å². The number of ether oxygens (including phenoxy) is 1. The standard InChI is InChI=1S/C21H25F2N7O/c1-14-3-5-29(19-10-15(2-4-24-19)28-6-8-31-9-7-28)12-16(14)18-11-17(20(22)23)27-21-25-13-26-30(18)21/h2,4,10-11,13-14,16,20H,3,5-9,12H2,1H3/t14-,16-/m1/s1. The van der Waals surface area contributed by atoms with Crippen LogP contribution in [0.25, 0.3) is 5.78 Å². The first-order valence-electron chi connectivity index (χ1n) is 10.6. The van der Waals surface area contributed by atoms with E-state index in [-0.39, 0.29) is 17.4 Å². The second kappa shape index (κ2) is 8.33. The van der Waals surface area contributed by atoms with Gasteiger partial charge in [-0.05, 0) is 24.5 Å². The van der Waals surface area contributed by atoms with Crippen LogP contribution in [0.1, 0.15) is 37.1 Å². The number of pyridine rings is 1. The molecule has 8 nitrogen and oxygen atoms in total. The van der Waals surface area contributed by atoms with E-state index in [2.05, 4.69) is 42.8 Å². The molecular formula is C21H25F2N7O. The van der Waals surface area contributed by atoms with E-state index in [1.165, 1.54) is 12.4 Å². The number of hydrogen-bond donors (Lipinski definition) is 0. The fourth-order valence-electron chi connectivity index (χ4n) is 4.49. The van der Waals surface area contributed by atoms with Crippen molar-refractivity contribution in [1.82, 2.24) is 24.6 Å². The summed E-state index contributed by atoms with van der Waals surface area (Å²) in [6, 6.07) is 5.62. The summed E-state index contributed by atoms with van der Waals surface area (Å²) in [4.78, 5) is 17.1. The van der Waals surface area contributed by atoms with Crippen molar-refractivity contribution < 1.29 is 13.5 Å². The van der Waals surface area contributed by atoms with Gasteiger partial charge in [-0.3, -0.25) is 0 Å². The van der Waals surface area contributed by atoms with Crippen LogP contribution in [-0.2, 0) is 4.74 Å². The lowest BCUT2D eigenvalue weighted by Gasteiger charge is -2.38. The Morgan fingerprint density at radius 2 is 1.94 bits per heavy atom. The summed E-state index contributed by atoms with van der Waals surface area (Å²) in [5, 5.41) is 4.25. The maximum atomic E-state index is 13.5. The third-order valence-corrected chi connectivity index (χ3v) is 6.29. The third-order valence-electron chi connectivity index (χ3n) is 6.29. The van der Waals surface area contributed by atoms with Gasteiger partial charge in [0.2, 0.25) is 0 Å². The van der Waals surface area contributed by atoms with E-state index < -0.39 is 6.43 Å². The molecule has 0 unspecified atom stereocenters. The van der Waals surface area contributed by atoms with Crippen molar-refractivity contribution in [1.29, 1.82) is 0 Å². The second-order valence-corrected chi connectivity index (χ2v) is 8.17. The van der Waals surface area contributed by atoms with Gasteiger partial charge >= 0.3 is 0 Å². The van der Waals surface area contributed by atoms with Crippen LogP contribution < -0.4 is 9.80 Å². The van der Waals surface area contributed by atoms with E-state index in [0.717, 1.165) is 56.5 Å². The Morgan fingerprint density at radius 1 is 1.10 bits per heavy atom. The van der Waals surface area contributed by atoms with Crippen molar-refractivity contribution >= 4 is 17.3 Å². The Kier molecular flexibility index (Phi) is 5.39. The van der Waals surface area contributed by atoms with Gasteiger partial charge < -0.3 is 14.5 Å². The maximum Gasteiger partial charge on any atom is 0.280 e. The molecule has 0 bridgehead atoms. The van der Waals surface area contributed by atoms with E-state index >= 15 is 0 Å². The molecule has 0 N–H and O–H groups in total. The molecule has 2 aliphatic heterocycles. The normalized spacial score (nSPS) is 22.5. The summed E-state index contributed by atoms with van der Waals surface area (Å²) >= 11 is 0. The molecule has 0 aliphatic carbocycles. The van der Waals surface area contributed by atoms with E-state index in [1.54, 1.807) is 4.52 Å². The number of piperidine rings is 1. The lowest BCUT2D eigenvalue weighted by atomic mass is 9.84. The fraction of sp³-hybridized carbons (Fsp3) is 0.524. The number of fused-ring (bicyclic) bond motifs is 1. The van der Waals surface area contributed by atoms with Gasteiger partial charge in [-0.25, -0.2) is 23.3 Å². The lowest BCUT2D eigenvalue weighted by molar-refractivity contribution is 0.122. The van der Waals surface area contributed by atoms with Crippen LogP contribution in [0.4, 0.5) is 20.3 Å². The molecule has 164 valence electrons. The smallest absolute Gasteiger partial charge is 0.280 e. The summed E-state index contributed by atoms with van der Waals surface area (Å²) in [5.74, 6) is 1.43. The second-order valence-electron chi connectivity index (χ2n) is 8.17. The van der Waals surface area contributed by atoms with Crippen molar-refractivity contribution in [2.45, 2.75) is 25.7 Å². The van der Waals surface area contributed by atoms with Gasteiger partial charge in [-0.1, -0.05) is 6.92 Å². The quantitative estimate of drug-likeness (QED) is 0.631. The number of halogens is 2.